The van der Waals surface area contributed by atoms with E-state index in [9.17, 15) is 0 Å². The summed E-state index contributed by atoms with van der Waals surface area (Å²) in [7, 11) is 3.55. The Balaban J connectivity index is 1.87. The average Bonchev–Trinajstić information content (AvgIpc) is 2.57. The van der Waals surface area contributed by atoms with Gasteiger partial charge in [-0.1, -0.05) is 12.1 Å². The highest BCUT2D eigenvalue weighted by Crippen LogP contribution is 2.18. The number of ether oxygens (including phenoxy) is 2. The minimum Gasteiger partial charge on any atom is -0.496 e. The lowest BCUT2D eigenvalue weighted by Gasteiger charge is -2.34. The van der Waals surface area contributed by atoms with Crippen LogP contribution < -0.4 is 10.1 Å². The van der Waals surface area contributed by atoms with Crippen LogP contribution in [0, 0.1) is 6.92 Å². The second kappa shape index (κ2) is 8.77. The molecule has 2 rings (SSSR count). The third-order valence-corrected chi connectivity index (χ3v) is 4.27. The van der Waals surface area contributed by atoms with Crippen molar-refractivity contribution in [3.05, 3.63) is 29.3 Å². The first-order chi connectivity index (χ1) is 11.2. The van der Waals surface area contributed by atoms with Gasteiger partial charge in [-0.25, -0.2) is 0 Å². The molecule has 1 saturated heterocycles. The zero-order valence-corrected chi connectivity index (χ0v) is 14.8. The van der Waals surface area contributed by atoms with Gasteiger partial charge < -0.3 is 19.7 Å². The lowest BCUT2D eigenvalue weighted by atomic mass is 10.1. The number of guanidine groups is 1. The quantitative estimate of drug-likeness (QED) is 0.669. The number of hydrogen-bond acceptors (Lipinski definition) is 3. The number of nitrogens with zero attached hydrogens (tertiary/aromatic N) is 2. The van der Waals surface area contributed by atoms with Crippen LogP contribution in [-0.4, -0.2) is 50.8 Å². The van der Waals surface area contributed by atoms with Crippen molar-refractivity contribution in [2.45, 2.75) is 39.3 Å². The standard InChI is InChI=1S/C18H29N3O2/c1-5-23-16-8-10-21(11-9-16)18(19-3)20-13-15-6-7-17(22-4)14(2)12-15/h6-7,12,16H,5,8-11,13H2,1-4H3,(H,19,20). The van der Waals surface area contributed by atoms with E-state index in [0.717, 1.165) is 56.4 Å². The lowest BCUT2D eigenvalue weighted by molar-refractivity contribution is 0.0263. The minimum atomic E-state index is 0.401. The molecule has 0 amide bonds. The van der Waals surface area contributed by atoms with Crippen LogP contribution in [0.3, 0.4) is 0 Å². The van der Waals surface area contributed by atoms with Crippen molar-refractivity contribution in [1.29, 1.82) is 0 Å². The largest absolute Gasteiger partial charge is 0.496 e. The monoisotopic (exact) mass is 319 g/mol. The summed E-state index contributed by atoms with van der Waals surface area (Å²) >= 11 is 0. The fourth-order valence-corrected chi connectivity index (χ4v) is 3.03. The van der Waals surface area contributed by atoms with E-state index in [1.54, 1.807) is 7.11 Å². The van der Waals surface area contributed by atoms with Gasteiger partial charge in [-0.05, 0) is 43.9 Å². The SMILES string of the molecule is CCOC1CCN(C(=NC)NCc2ccc(OC)c(C)c2)CC1. The zero-order valence-electron chi connectivity index (χ0n) is 14.8. The van der Waals surface area contributed by atoms with Gasteiger partial charge in [-0.2, -0.15) is 0 Å². The van der Waals surface area contributed by atoms with Crippen LogP contribution in [0.5, 0.6) is 5.75 Å². The molecule has 5 nitrogen and oxygen atoms in total. The third kappa shape index (κ3) is 4.86. The first-order valence-corrected chi connectivity index (χ1v) is 8.38. The van der Waals surface area contributed by atoms with Gasteiger partial charge in [0.25, 0.3) is 0 Å². The van der Waals surface area contributed by atoms with Gasteiger partial charge in [-0.15, -0.1) is 0 Å². The first-order valence-electron chi connectivity index (χ1n) is 8.38. The highest BCUT2D eigenvalue weighted by molar-refractivity contribution is 5.80. The van der Waals surface area contributed by atoms with E-state index in [4.69, 9.17) is 9.47 Å². The predicted octanol–water partition coefficient (Wildman–Crippen LogP) is 2.58. The second-order valence-electron chi connectivity index (χ2n) is 5.85. The van der Waals surface area contributed by atoms with E-state index in [-0.39, 0.29) is 0 Å². The summed E-state index contributed by atoms with van der Waals surface area (Å²) in [6.45, 7) is 7.68. The molecule has 1 fully saturated rings. The fraction of sp³-hybridized carbons (Fsp3) is 0.611. The molecule has 0 radical (unpaired) electrons. The van der Waals surface area contributed by atoms with Crippen molar-refractivity contribution in [2.75, 3.05) is 33.9 Å². The molecule has 0 bridgehead atoms. The van der Waals surface area contributed by atoms with Crippen molar-refractivity contribution in [2.24, 2.45) is 4.99 Å². The molecule has 0 aromatic heterocycles. The molecule has 23 heavy (non-hydrogen) atoms. The Morgan fingerprint density at radius 1 is 1.35 bits per heavy atom. The van der Waals surface area contributed by atoms with Gasteiger partial charge in [0.1, 0.15) is 5.75 Å². The number of methoxy groups -OCH3 is 1. The Hall–Kier alpha value is -1.75. The second-order valence-corrected chi connectivity index (χ2v) is 5.85. The molecule has 5 heteroatoms. The topological polar surface area (TPSA) is 46.1 Å². The first kappa shape index (κ1) is 17.6. The number of piperidine rings is 1. The molecule has 1 aromatic rings. The van der Waals surface area contributed by atoms with Crippen molar-refractivity contribution in [3.63, 3.8) is 0 Å². The fourth-order valence-electron chi connectivity index (χ4n) is 3.03. The molecule has 1 aliphatic heterocycles. The average molecular weight is 319 g/mol. The number of aliphatic imine (C=N–C) groups is 1. The van der Waals surface area contributed by atoms with Crippen LogP contribution in [-0.2, 0) is 11.3 Å². The van der Waals surface area contributed by atoms with E-state index in [1.807, 2.05) is 13.1 Å². The van der Waals surface area contributed by atoms with E-state index >= 15 is 0 Å². The lowest BCUT2D eigenvalue weighted by Crippen LogP contribution is -2.46. The number of benzene rings is 1. The molecular formula is C18H29N3O2. The predicted molar refractivity (Wildman–Crippen MR) is 94.2 cm³/mol. The summed E-state index contributed by atoms with van der Waals surface area (Å²) in [5.74, 6) is 1.89. The van der Waals surface area contributed by atoms with Gasteiger partial charge in [0.2, 0.25) is 0 Å². The van der Waals surface area contributed by atoms with E-state index in [2.05, 4.69) is 41.2 Å². The van der Waals surface area contributed by atoms with Gasteiger partial charge in [0, 0.05) is 33.3 Å². The molecule has 128 valence electrons. The summed E-state index contributed by atoms with van der Waals surface area (Å²) in [6, 6.07) is 6.26. The summed E-state index contributed by atoms with van der Waals surface area (Å²) in [5.41, 5.74) is 2.38. The summed E-state index contributed by atoms with van der Waals surface area (Å²) < 4.78 is 11.0. The van der Waals surface area contributed by atoms with Gasteiger partial charge in [0.05, 0.1) is 13.2 Å². The number of hydrogen-bond donors (Lipinski definition) is 1. The van der Waals surface area contributed by atoms with Crippen molar-refractivity contribution >= 4 is 5.96 Å². The normalized spacial score (nSPS) is 16.5. The van der Waals surface area contributed by atoms with E-state index < -0.39 is 0 Å². The molecule has 1 N–H and O–H groups in total. The van der Waals surface area contributed by atoms with Crippen LogP contribution in [0.25, 0.3) is 0 Å². The Labute approximate surface area is 139 Å². The number of likely N-dealkylation sites (tertiary alicyclic amines) is 1. The molecule has 0 spiro atoms. The summed E-state index contributed by atoms with van der Waals surface area (Å²) in [4.78, 5) is 6.73. The van der Waals surface area contributed by atoms with E-state index in [0.29, 0.717) is 6.10 Å². The number of rotatable bonds is 5. The highest BCUT2D eigenvalue weighted by atomic mass is 16.5. The maximum Gasteiger partial charge on any atom is 0.193 e. The number of aryl methyl sites for hydroxylation is 1. The molecule has 1 heterocycles. The Morgan fingerprint density at radius 3 is 2.65 bits per heavy atom. The summed E-state index contributed by atoms with van der Waals surface area (Å²) in [5, 5.41) is 3.46. The Bertz CT molecular complexity index is 523. The Kier molecular flexibility index (Phi) is 6.71. The Morgan fingerprint density at radius 2 is 2.09 bits per heavy atom. The van der Waals surface area contributed by atoms with Crippen LogP contribution in [0.1, 0.15) is 30.9 Å². The van der Waals surface area contributed by atoms with Gasteiger partial charge >= 0.3 is 0 Å². The van der Waals surface area contributed by atoms with Gasteiger partial charge in [0.15, 0.2) is 5.96 Å². The molecule has 0 saturated carbocycles. The van der Waals surface area contributed by atoms with Crippen molar-refractivity contribution in [1.82, 2.24) is 10.2 Å². The van der Waals surface area contributed by atoms with Gasteiger partial charge in [-0.3, -0.25) is 4.99 Å². The van der Waals surface area contributed by atoms with Crippen molar-refractivity contribution in [3.8, 4) is 5.75 Å². The molecule has 1 aliphatic rings. The molecule has 0 unspecified atom stereocenters. The van der Waals surface area contributed by atoms with E-state index in [1.165, 1.54) is 5.56 Å². The zero-order chi connectivity index (χ0) is 16.7. The molecule has 0 atom stereocenters. The molecule has 0 aliphatic carbocycles. The molecular weight excluding hydrogens is 290 g/mol. The van der Waals surface area contributed by atoms with Crippen LogP contribution in [0.2, 0.25) is 0 Å². The van der Waals surface area contributed by atoms with Crippen LogP contribution >= 0.6 is 0 Å². The third-order valence-electron chi connectivity index (χ3n) is 4.27. The maximum atomic E-state index is 5.71. The highest BCUT2D eigenvalue weighted by Gasteiger charge is 2.21. The van der Waals surface area contributed by atoms with Crippen LogP contribution in [0.15, 0.2) is 23.2 Å². The minimum absolute atomic E-state index is 0.401. The number of nitrogens with one attached hydrogen (secondary N) is 1. The summed E-state index contributed by atoms with van der Waals surface area (Å²) in [6.07, 6.45) is 2.53. The smallest absolute Gasteiger partial charge is 0.193 e. The van der Waals surface area contributed by atoms with Crippen LogP contribution in [0.4, 0.5) is 0 Å². The van der Waals surface area contributed by atoms with Crippen molar-refractivity contribution < 1.29 is 9.47 Å². The maximum absolute atomic E-state index is 5.71. The molecule has 1 aromatic carbocycles.